The first-order valence-corrected chi connectivity index (χ1v) is 7.45. The van der Waals surface area contributed by atoms with Gasteiger partial charge in [0.2, 0.25) is 0 Å². The Balaban J connectivity index is 1.85. The van der Waals surface area contributed by atoms with Gasteiger partial charge in [0.1, 0.15) is 0 Å². The van der Waals surface area contributed by atoms with Gasteiger partial charge in [0, 0.05) is 12.6 Å². The van der Waals surface area contributed by atoms with Gasteiger partial charge in [0.05, 0.1) is 25.5 Å². The minimum atomic E-state index is -0.701. The lowest BCUT2D eigenvalue weighted by molar-refractivity contribution is -0.112. The van der Waals surface area contributed by atoms with E-state index in [-0.39, 0.29) is 17.2 Å². The average molecular weight is 340 g/mol. The van der Waals surface area contributed by atoms with Crippen LogP contribution < -0.4 is 14.4 Å². The molecule has 2 aromatic carbocycles. The molecular weight excluding hydrogens is 324 g/mol. The number of fused-ring (bicyclic) bond motifs is 1. The number of hydrogen-bond acceptors (Lipinski definition) is 6. The molecule has 128 valence electrons. The molecule has 0 saturated heterocycles. The van der Waals surface area contributed by atoms with Crippen LogP contribution in [0.15, 0.2) is 47.6 Å². The molecule has 0 fully saturated rings. The van der Waals surface area contributed by atoms with Crippen LogP contribution in [0.3, 0.4) is 0 Å². The van der Waals surface area contributed by atoms with Crippen LogP contribution in [-0.4, -0.2) is 38.9 Å². The van der Waals surface area contributed by atoms with E-state index in [9.17, 15) is 9.59 Å². The van der Waals surface area contributed by atoms with Crippen LogP contribution in [0.2, 0.25) is 0 Å². The molecule has 0 aliphatic carbocycles. The molecular formula is C18H16N2O5. The number of carbonyl (C=O) groups is 2. The summed E-state index contributed by atoms with van der Waals surface area (Å²) in [4.78, 5) is 30.9. The molecule has 0 saturated carbocycles. The first-order chi connectivity index (χ1) is 12.1. The number of para-hydroxylation sites is 1. The van der Waals surface area contributed by atoms with Crippen molar-refractivity contribution in [3.63, 3.8) is 0 Å². The molecule has 7 nitrogen and oxygen atoms in total. The number of nitrogens with zero attached hydrogens (tertiary/aromatic N) is 2. The van der Waals surface area contributed by atoms with Crippen LogP contribution in [-0.2, 0) is 9.63 Å². The molecule has 2 aromatic rings. The van der Waals surface area contributed by atoms with Gasteiger partial charge in [-0.2, -0.15) is 0 Å². The van der Waals surface area contributed by atoms with Gasteiger partial charge in [-0.25, -0.2) is 4.79 Å². The van der Waals surface area contributed by atoms with Crippen molar-refractivity contribution in [3.05, 3.63) is 53.6 Å². The molecule has 1 aliphatic rings. The molecule has 0 N–H and O–H groups in total. The van der Waals surface area contributed by atoms with Gasteiger partial charge < -0.3 is 19.2 Å². The standard InChI is InChI=1S/C18H16N2O5/c1-20-13-7-5-4-6-12(13)16(17(20)21)19-25-18(22)11-8-9-14(23-2)15(10-11)24-3/h4-10H,1-3H3/b19-16+. The fourth-order valence-electron chi connectivity index (χ4n) is 2.54. The quantitative estimate of drug-likeness (QED) is 0.630. The molecule has 0 spiro atoms. The Morgan fingerprint density at radius 2 is 1.76 bits per heavy atom. The Morgan fingerprint density at radius 1 is 1.04 bits per heavy atom. The Labute approximate surface area is 144 Å². The maximum atomic E-state index is 12.3. The van der Waals surface area contributed by atoms with Crippen LogP contribution in [0.5, 0.6) is 11.5 Å². The summed E-state index contributed by atoms with van der Waals surface area (Å²) in [6.07, 6.45) is 0. The van der Waals surface area contributed by atoms with Crippen molar-refractivity contribution < 1.29 is 23.9 Å². The molecule has 1 aliphatic heterocycles. The second-order valence-corrected chi connectivity index (χ2v) is 5.27. The first kappa shape index (κ1) is 16.5. The number of amides is 1. The zero-order valence-electron chi connectivity index (χ0n) is 14.0. The van der Waals surface area contributed by atoms with Gasteiger partial charge in [-0.05, 0) is 24.3 Å². The summed E-state index contributed by atoms with van der Waals surface area (Å²) in [5, 5.41) is 3.77. The van der Waals surface area contributed by atoms with Crippen molar-refractivity contribution >= 4 is 23.3 Å². The summed E-state index contributed by atoms with van der Waals surface area (Å²) >= 11 is 0. The van der Waals surface area contributed by atoms with E-state index < -0.39 is 5.97 Å². The third-order valence-electron chi connectivity index (χ3n) is 3.87. The third-order valence-corrected chi connectivity index (χ3v) is 3.87. The lowest BCUT2D eigenvalue weighted by Gasteiger charge is -2.08. The second-order valence-electron chi connectivity index (χ2n) is 5.27. The number of ether oxygens (including phenoxy) is 2. The molecule has 1 heterocycles. The Hall–Kier alpha value is -3.35. The molecule has 0 aromatic heterocycles. The summed E-state index contributed by atoms with van der Waals surface area (Å²) in [5.41, 5.74) is 1.66. The third kappa shape index (κ3) is 2.91. The molecule has 0 radical (unpaired) electrons. The van der Waals surface area contributed by atoms with Crippen LogP contribution in [0.25, 0.3) is 0 Å². The van der Waals surface area contributed by atoms with E-state index in [4.69, 9.17) is 14.3 Å². The Bertz CT molecular complexity index is 876. The maximum absolute atomic E-state index is 12.3. The minimum absolute atomic E-state index is 0.0897. The zero-order chi connectivity index (χ0) is 18.0. The highest BCUT2D eigenvalue weighted by Crippen LogP contribution is 2.29. The van der Waals surface area contributed by atoms with E-state index in [1.165, 1.54) is 31.3 Å². The monoisotopic (exact) mass is 340 g/mol. The molecule has 3 rings (SSSR count). The summed E-state index contributed by atoms with van der Waals surface area (Å²) in [6, 6.07) is 11.8. The number of carbonyl (C=O) groups excluding carboxylic acids is 2. The lowest BCUT2D eigenvalue weighted by Crippen LogP contribution is -2.25. The summed E-state index contributed by atoms with van der Waals surface area (Å²) < 4.78 is 10.3. The van der Waals surface area contributed by atoms with Gasteiger partial charge in [0.25, 0.3) is 5.91 Å². The van der Waals surface area contributed by atoms with Crippen LogP contribution in [0, 0.1) is 0 Å². The number of methoxy groups -OCH3 is 2. The van der Waals surface area contributed by atoms with Gasteiger partial charge in [-0.15, -0.1) is 0 Å². The predicted octanol–water partition coefficient (Wildman–Crippen LogP) is 2.24. The Kier molecular flexibility index (Phi) is 4.38. The minimum Gasteiger partial charge on any atom is -0.493 e. The highest BCUT2D eigenvalue weighted by Gasteiger charge is 2.32. The van der Waals surface area contributed by atoms with Crippen molar-refractivity contribution in [1.29, 1.82) is 0 Å². The van der Waals surface area contributed by atoms with E-state index in [1.54, 1.807) is 31.3 Å². The van der Waals surface area contributed by atoms with Crippen molar-refractivity contribution in [2.45, 2.75) is 0 Å². The van der Waals surface area contributed by atoms with Crippen molar-refractivity contribution in [2.75, 3.05) is 26.2 Å². The number of rotatable bonds is 4. The fourth-order valence-corrected chi connectivity index (χ4v) is 2.54. The fraction of sp³-hybridized carbons (Fsp3) is 0.167. The normalized spacial score (nSPS) is 14.4. The molecule has 0 unspecified atom stereocenters. The van der Waals surface area contributed by atoms with Crippen molar-refractivity contribution in [2.24, 2.45) is 5.16 Å². The topological polar surface area (TPSA) is 77.4 Å². The zero-order valence-corrected chi connectivity index (χ0v) is 14.0. The largest absolute Gasteiger partial charge is 0.493 e. The first-order valence-electron chi connectivity index (χ1n) is 7.45. The molecule has 0 bridgehead atoms. The van der Waals surface area contributed by atoms with Crippen LogP contribution in [0.4, 0.5) is 5.69 Å². The van der Waals surface area contributed by atoms with Crippen molar-refractivity contribution in [3.8, 4) is 11.5 Å². The summed E-state index contributed by atoms with van der Waals surface area (Å²) in [7, 11) is 4.61. The summed E-state index contributed by atoms with van der Waals surface area (Å²) in [6.45, 7) is 0. The van der Waals surface area contributed by atoms with E-state index in [1.807, 2.05) is 6.07 Å². The maximum Gasteiger partial charge on any atom is 0.365 e. The van der Waals surface area contributed by atoms with Crippen LogP contribution in [0.1, 0.15) is 15.9 Å². The number of benzene rings is 2. The van der Waals surface area contributed by atoms with Gasteiger partial charge >= 0.3 is 5.97 Å². The van der Waals surface area contributed by atoms with Gasteiger partial charge in [0.15, 0.2) is 17.2 Å². The van der Waals surface area contributed by atoms with Crippen LogP contribution >= 0.6 is 0 Å². The van der Waals surface area contributed by atoms with E-state index in [0.29, 0.717) is 22.7 Å². The molecule has 7 heteroatoms. The van der Waals surface area contributed by atoms with E-state index >= 15 is 0 Å². The number of likely N-dealkylation sites (N-methyl/N-ethyl adjacent to an activating group) is 1. The van der Waals surface area contributed by atoms with Crippen molar-refractivity contribution in [1.82, 2.24) is 0 Å². The smallest absolute Gasteiger partial charge is 0.365 e. The summed E-state index contributed by atoms with van der Waals surface area (Å²) in [5.74, 6) is -0.145. The lowest BCUT2D eigenvalue weighted by atomic mass is 10.1. The SMILES string of the molecule is COc1ccc(C(=O)O/N=C2/C(=O)N(C)c3ccccc32)cc1OC. The average Bonchev–Trinajstić information content (AvgIpc) is 2.90. The molecule has 0 atom stereocenters. The van der Waals surface area contributed by atoms with Gasteiger partial charge in [-0.1, -0.05) is 23.4 Å². The highest BCUT2D eigenvalue weighted by atomic mass is 16.7. The van der Waals surface area contributed by atoms with E-state index in [0.717, 1.165) is 0 Å². The molecule has 1 amide bonds. The number of anilines is 1. The number of oxime groups is 1. The predicted molar refractivity (Wildman–Crippen MR) is 91.4 cm³/mol. The second kappa shape index (κ2) is 6.64. The molecule has 25 heavy (non-hydrogen) atoms. The van der Waals surface area contributed by atoms with Gasteiger partial charge in [-0.3, -0.25) is 4.79 Å². The van der Waals surface area contributed by atoms with E-state index in [2.05, 4.69) is 5.16 Å². The number of hydrogen-bond donors (Lipinski definition) is 0. The highest BCUT2D eigenvalue weighted by molar-refractivity contribution is 6.54. The Morgan fingerprint density at radius 3 is 2.48 bits per heavy atom.